The van der Waals surface area contributed by atoms with Crippen LogP contribution in [0.5, 0.6) is 0 Å². The molecule has 0 spiro atoms. The van der Waals surface area contributed by atoms with Crippen molar-refractivity contribution in [3.8, 4) is 0 Å². The average molecular weight is 461 g/mol. The minimum Gasteiger partial charge on any atom is -0.374 e. The summed E-state index contributed by atoms with van der Waals surface area (Å²) in [6.45, 7) is 5.57. The lowest BCUT2D eigenvalue weighted by molar-refractivity contribution is -0.118. The molecule has 0 aliphatic rings. The number of aromatic nitrogens is 1. The summed E-state index contributed by atoms with van der Waals surface area (Å²) in [4.78, 5) is 28.8. The van der Waals surface area contributed by atoms with Crippen LogP contribution in [-0.2, 0) is 16.1 Å². The Bertz CT molecular complexity index is 1110. The minimum absolute atomic E-state index is 0.0234. The van der Waals surface area contributed by atoms with Gasteiger partial charge in [0.15, 0.2) is 0 Å². The van der Waals surface area contributed by atoms with E-state index in [0.29, 0.717) is 28.9 Å². The van der Waals surface area contributed by atoms with Crippen molar-refractivity contribution in [2.45, 2.75) is 33.5 Å². The number of pyridine rings is 1. The van der Waals surface area contributed by atoms with E-state index in [1.807, 2.05) is 19.9 Å². The lowest BCUT2D eigenvalue weighted by atomic mass is 10.1. The topological polar surface area (TPSA) is 92.3 Å². The Kier molecular flexibility index (Phi) is 7.33. The number of rotatable bonds is 7. The SMILES string of the molecule is CC(=O)NNc1c(COC(C)C)cnc2c(NC(=O)c3c(Cl)cccc3Cl)cccc12. The molecule has 0 radical (unpaired) electrons. The van der Waals surface area contributed by atoms with Crippen LogP contribution in [0.15, 0.2) is 42.6 Å². The molecule has 0 bridgehead atoms. The molecule has 162 valence electrons. The molecule has 0 atom stereocenters. The highest BCUT2D eigenvalue weighted by atomic mass is 35.5. The summed E-state index contributed by atoms with van der Waals surface area (Å²) in [6, 6.07) is 10.2. The highest BCUT2D eigenvalue weighted by Gasteiger charge is 2.18. The molecule has 0 aliphatic carbocycles. The average Bonchev–Trinajstić information content (AvgIpc) is 2.70. The smallest absolute Gasteiger partial charge is 0.258 e. The molecule has 7 nitrogen and oxygen atoms in total. The van der Waals surface area contributed by atoms with Gasteiger partial charge in [-0.25, -0.2) is 0 Å². The second kappa shape index (κ2) is 9.96. The van der Waals surface area contributed by atoms with Gasteiger partial charge in [-0.1, -0.05) is 41.4 Å². The molecular weight excluding hydrogens is 439 g/mol. The van der Waals surface area contributed by atoms with Gasteiger partial charge in [0.2, 0.25) is 5.91 Å². The van der Waals surface area contributed by atoms with Crippen molar-refractivity contribution in [2.24, 2.45) is 0 Å². The van der Waals surface area contributed by atoms with Crippen molar-refractivity contribution in [3.63, 3.8) is 0 Å². The highest BCUT2D eigenvalue weighted by molar-refractivity contribution is 6.40. The van der Waals surface area contributed by atoms with Crippen LogP contribution in [-0.4, -0.2) is 22.9 Å². The first-order valence-electron chi connectivity index (χ1n) is 9.58. The van der Waals surface area contributed by atoms with Gasteiger partial charge in [0.1, 0.15) is 0 Å². The monoisotopic (exact) mass is 460 g/mol. The lowest BCUT2D eigenvalue weighted by Crippen LogP contribution is -2.27. The number of benzene rings is 2. The molecule has 0 aliphatic heterocycles. The van der Waals surface area contributed by atoms with Crippen LogP contribution >= 0.6 is 23.2 Å². The zero-order chi connectivity index (χ0) is 22.5. The van der Waals surface area contributed by atoms with Crippen molar-refractivity contribution in [1.29, 1.82) is 0 Å². The van der Waals surface area contributed by atoms with Crippen LogP contribution in [0.4, 0.5) is 11.4 Å². The third-order valence-electron chi connectivity index (χ3n) is 4.35. The molecule has 3 rings (SSSR count). The van der Waals surface area contributed by atoms with E-state index in [1.54, 1.807) is 36.5 Å². The quantitative estimate of drug-likeness (QED) is 0.422. The fraction of sp³-hybridized carbons (Fsp3) is 0.227. The summed E-state index contributed by atoms with van der Waals surface area (Å²) in [5.41, 5.74) is 8.10. The van der Waals surface area contributed by atoms with E-state index in [1.165, 1.54) is 6.92 Å². The first-order chi connectivity index (χ1) is 14.8. The van der Waals surface area contributed by atoms with Crippen molar-refractivity contribution in [1.82, 2.24) is 10.4 Å². The number of hydrogen-bond donors (Lipinski definition) is 3. The number of carbonyl (C=O) groups excluding carboxylic acids is 2. The predicted octanol–water partition coefficient (Wildman–Crippen LogP) is 5.18. The Morgan fingerprint density at radius 1 is 1.10 bits per heavy atom. The Labute approximate surface area is 190 Å². The highest BCUT2D eigenvalue weighted by Crippen LogP contribution is 2.32. The van der Waals surface area contributed by atoms with Gasteiger partial charge in [-0.3, -0.25) is 25.4 Å². The molecule has 1 heterocycles. The largest absolute Gasteiger partial charge is 0.374 e. The molecule has 3 N–H and O–H groups in total. The second-order valence-electron chi connectivity index (χ2n) is 7.08. The molecule has 0 saturated heterocycles. The summed E-state index contributed by atoms with van der Waals surface area (Å²) in [5, 5.41) is 4.02. The zero-order valence-electron chi connectivity index (χ0n) is 17.3. The van der Waals surface area contributed by atoms with Gasteiger partial charge < -0.3 is 10.1 Å². The maximum absolute atomic E-state index is 12.8. The van der Waals surface area contributed by atoms with Crippen molar-refractivity contribution < 1.29 is 14.3 Å². The van der Waals surface area contributed by atoms with E-state index in [9.17, 15) is 9.59 Å². The Morgan fingerprint density at radius 2 is 1.77 bits per heavy atom. The molecule has 2 amide bonds. The summed E-state index contributed by atoms with van der Waals surface area (Å²) in [5.74, 6) is -0.702. The van der Waals surface area contributed by atoms with Crippen molar-refractivity contribution in [2.75, 3.05) is 10.7 Å². The summed E-state index contributed by atoms with van der Waals surface area (Å²) in [6.07, 6.45) is 1.67. The number of nitrogens with one attached hydrogen (secondary N) is 3. The van der Waals surface area contributed by atoms with E-state index in [4.69, 9.17) is 27.9 Å². The normalized spacial score (nSPS) is 10.9. The van der Waals surface area contributed by atoms with Crippen LogP contribution < -0.4 is 16.2 Å². The number of anilines is 2. The molecule has 0 unspecified atom stereocenters. The number of nitrogens with zero attached hydrogens (tertiary/aromatic N) is 1. The van der Waals surface area contributed by atoms with Gasteiger partial charge in [-0.15, -0.1) is 0 Å². The molecule has 0 fully saturated rings. The number of ether oxygens (including phenoxy) is 1. The third kappa shape index (κ3) is 5.44. The number of hydrazine groups is 1. The van der Waals surface area contributed by atoms with Gasteiger partial charge in [0.25, 0.3) is 5.91 Å². The fourth-order valence-electron chi connectivity index (χ4n) is 2.93. The van der Waals surface area contributed by atoms with E-state index in [-0.39, 0.29) is 27.6 Å². The second-order valence-corrected chi connectivity index (χ2v) is 7.89. The molecule has 3 aromatic rings. The van der Waals surface area contributed by atoms with Crippen LogP contribution in [0, 0.1) is 0 Å². The number of fused-ring (bicyclic) bond motifs is 1. The number of carbonyl (C=O) groups is 2. The van der Waals surface area contributed by atoms with Gasteiger partial charge in [-0.2, -0.15) is 0 Å². The van der Waals surface area contributed by atoms with Gasteiger partial charge in [-0.05, 0) is 32.0 Å². The molecule has 2 aromatic carbocycles. The maximum Gasteiger partial charge on any atom is 0.258 e. The van der Waals surface area contributed by atoms with Crippen molar-refractivity contribution in [3.05, 3.63) is 63.8 Å². The van der Waals surface area contributed by atoms with E-state index >= 15 is 0 Å². The molecular formula is C22H22Cl2N4O3. The van der Waals surface area contributed by atoms with Crippen LogP contribution in [0.3, 0.4) is 0 Å². The summed E-state index contributed by atoms with van der Waals surface area (Å²) >= 11 is 12.3. The van der Waals surface area contributed by atoms with E-state index in [0.717, 1.165) is 5.56 Å². The van der Waals surface area contributed by atoms with Crippen LogP contribution in [0.25, 0.3) is 10.9 Å². The Morgan fingerprint density at radius 3 is 2.42 bits per heavy atom. The maximum atomic E-state index is 12.8. The standard InChI is InChI=1S/C22H22Cl2N4O3/c1-12(2)31-11-14-10-25-21-15(20(14)28-27-13(3)29)6-4-9-18(21)26-22(30)19-16(23)7-5-8-17(19)24/h4-10,12H,11H2,1-3H3,(H,25,28)(H,26,30)(H,27,29). The number of para-hydroxylation sites is 1. The molecule has 0 saturated carbocycles. The summed E-state index contributed by atoms with van der Waals surface area (Å²) in [7, 11) is 0. The molecule has 9 heteroatoms. The Hall–Kier alpha value is -2.87. The zero-order valence-corrected chi connectivity index (χ0v) is 18.8. The minimum atomic E-state index is -0.450. The number of amides is 2. The Balaban J connectivity index is 2.02. The first kappa shape index (κ1) is 22.8. The van der Waals surface area contributed by atoms with E-state index in [2.05, 4.69) is 21.2 Å². The number of halogens is 2. The molecule has 1 aromatic heterocycles. The fourth-order valence-corrected chi connectivity index (χ4v) is 3.50. The number of hydrogen-bond acceptors (Lipinski definition) is 5. The van der Waals surface area contributed by atoms with Gasteiger partial charge >= 0.3 is 0 Å². The van der Waals surface area contributed by atoms with E-state index < -0.39 is 5.91 Å². The van der Waals surface area contributed by atoms with Gasteiger partial charge in [0, 0.05) is 24.1 Å². The van der Waals surface area contributed by atoms with Crippen LogP contribution in [0.1, 0.15) is 36.7 Å². The third-order valence-corrected chi connectivity index (χ3v) is 4.98. The van der Waals surface area contributed by atoms with Crippen molar-refractivity contribution >= 4 is 57.3 Å². The molecule has 31 heavy (non-hydrogen) atoms. The predicted molar refractivity (Wildman–Crippen MR) is 124 cm³/mol. The van der Waals surface area contributed by atoms with Gasteiger partial charge in [0.05, 0.1) is 45.2 Å². The van der Waals surface area contributed by atoms with Crippen LogP contribution in [0.2, 0.25) is 10.0 Å². The lowest BCUT2D eigenvalue weighted by Gasteiger charge is -2.17. The first-order valence-corrected chi connectivity index (χ1v) is 10.3. The summed E-state index contributed by atoms with van der Waals surface area (Å²) < 4.78 is 5.71.